The topological polar surface area (TPSA) is 105 Å². The van der Waals surface area contributed by atoms with Crippen molar-refractivity contribution in [3.63, 3.8) is 0 Å². The molecule has 0 aliphatic carbocycles. The maximum absolute atomic E-state index is 13.2. The molecule has 0 radical (unpaired) electrons. The molecule has 0 aromatic heterocycles. The standard InChI is InChI=1S/C23H25F3N2O5/c1-14(2)19(28-22(32)33-13-15-8-4-3-5-9-15)20(29)27-18(21(30)31)12-16-10-6-7-11-17(16)23(24,25)26/h3-11,14,18-19H,12-13H2,1-2H3,(H,27,29)(H,28,32)(H,30,31)/t18-,19+/m0/s1. The first-order valence-electron chi connectivity index (χ1n) is 10.1. The van der Waals surface area contributed by atoms with Gasteiger partial charge in [-0.25, -0.2) is 9.59 Å². The fourth-order valence-corrected chi connectivity index (χ4v) is 3.08. The summed E-state index contributed by atoms with van der Waals surface area (Å²) in [5, 5.41) is 14.1. The van der Waals surface area contributed by atoms with Crippen LogP contribution in [0, 0.1) is 5.92 Å². The summed E-state index contributed by atoms with van der Waals surface area (Å²) in [6.45, 7) is 3.21. The van der Waals surface area contributed by atoms with Crippen molar-refractivity contribution in [1.29, 1.82) is 0 Å². The molecule has 178 valence electrons. The van der Waals surface area contributed by atoms with Gasteiger partial charge in [0.25, 0.3) is 0 Å². The highest BCUT2D eigenvalue weighted by Crippen LogP contribution is 2.32. The van der Waals surface area contributed by atoms with Crippen LogP contribution in [0.5, 0.6) is 0 Å². The summed E-state index contributed by atoms with van der Waals surface area (Å²) in [5.74, 6) is -2.81. The van der Waals surface area contributed by atoms with E-state index in [2.05, 4.69) is 10.6 Å². The highest BCUT2D eigenvalue weighted by atomic mass is 19.4. The number of nitrogens with one attached hydrogen (secondary N) is 2. The number of halogens is 3. The highest BCUT2D eigenvalue weighted by molar-refractivity contribution is 5.89. The molecule has 2 atom stereocenters. The number of carboxylic acids is 1. The highest BCUT2D eigenvalue weighted by Gasteiger charge is 2.35. The van der Waals surface area contributed by atoms with Crippen LogP contribution in [0.25, 0.3) is 0 Å². The van der Waals surface area contributed by atoms with Gasteiger partial charge in [0.15, 0.2) is 0 Å². The molecule has 0 aliphatic heterocycles. The first-order chi connectivity index (χ1) is 15.5. The van der Waals surface area contributed by atoms with E-state index >= 15 is 0 Å². The summed E-state index contributed by atoms with van der Waals surface area (Å²) in [7, 11) is 0. The van der Waals surface area contributed by atoms with Crippen molar-refractivity contribution in [1.82, 2.24) is 10.6 Å². The Morgan fingerprint density at radius 3 is 2.15 bits per heavy atom. The molecule has 2 aromatic carbocycles. The molecule has 0 fully saturated rings. The van der Waals surface area contributed by atoms with Gasteiger partial charge in [-0.05, 0) is 23.1 Å². The Kier molecular flexibility index (Phi) is 8.84. The number of benzene rings is 2. The molecule has 0 bridgehead atoms. The third kappa shape index (κ3) is 7.81. The van der Waals surface area contributed by atoms with Crippen molar-refractivity contribution >= 4 is 18.0 Å². The monoisotopic (exact) mass is 466 g/mol. The molecular formula is C23H25F3N2O5. The quantitative estimate of drug-likeness (QED) is 0.522. The zero-order valence-corrected chi connectivity index (χ0v) is 18.1. The van der Waals surface area contributed by atoms with Crippen LogP contribution in [0.3, 0.4) is 0 Å². The van der Waals surface area contributed by atoms with E-state index in [1.165, 1.54) is 12.1 Å². The van der Waals surface area contributed by atoms with Gasteiger partial charge in [0.05, 0.1) is 5.56 Å². The predicted octanol–water partition coefficient (Wildman–Crippen LogP) is 3.77. The number of hydrogen-bond acceptors (Lipinski definition) is 4. The Labute approximate surface area is 188 Å². The van der Waals surface area contributed by atoms with Gasteiger partial charge >= 0.3 is 18.2 Å². The summed E-state index contributed by atoms with van der Waals surface area (Å²) >= 11 is 0. The van der Waals surface area contributed by atoms with Gasteiger partial charge in [0.2, 0.25) is 5.91 Å². The summed E-state index contributed by atoms with van der Waals surface area (Å²) in [6, 6.07) is 10.6. The van der Waals surface area contributed by atoms with Gasteiger partial charge in [-0.2, -0.15) is 13.2 Å². The van der Waals surface area contributed by atoms with E-state index in [0.29, 0.717) is 0 Å². The van der Waals surface area contributed by atoms with Crippen molar-refractivity contribution in [2.45, 2.75) is 45.1 Å². The van der Waals surface area contributed by atoms with Gasteiger partial charge in [0.1, 0.15) is 18.7 Å². The summed E-state index contributed by atoms with van der Waals surface area (Å²) in [5.41, 5.74) is -0.519. The lowest BCUT2D eigenvalue weighted by atomic mass is 9.98. The Morgan fingerprint density at radius 2 is 1.58 bits per heavy atom. The molecule has 2 rings (SSSR count). The first kappa shape index (κ1) is 25.7. The van der Waals surface area contributed by atoms with Crippen LogP contribution in [-0.4, -0.2) is 35.2 Å². The number of carbonyl (C=O) groups is 3. The summed E-state index contributed by atoms with van der Waals surface area (Å²) in [4.78, 5) is 36.5. The number of amides is 2. The Hall–Kier alpha value is -3.56. The Bertz CT molecular complexity index is 964. The molecule has 0 unspecified atom stereocenters. The molecule has 10 heteroatoms. The van der Waals surface area contributed by atoms with E-state index in [1.807, 2.05) is 0 Å². The molecule has 0 aliphatic rings. The van der Waals surface area contributed by atoms with Gasteiger partial charge in [-0.3, -0.25) is 4.79 Å². The van der Waals surface area contributed by atoms with Crippen LogP contribution in [0.1, 0.15) is 30.5 Å². The van der Waals surface area contributed by atoms with Crippen LogP contribution in [0.4, 0.5) is 18.0 Å². The second-order valence-electron chi connectivity index (χ2n) is 7.69. The number of hydrogen-bond donors (Lipinski definition) is 3. The van der Waals surface area contributed by atoms with Crippen LogP contribution in [0.15, 0.2) is 54.6 Å². The Morgan fingerprint density at radius 1 is 0.970 bits per heavy atom. The minimum atomic E-state index is -4.67. The first-order valence-corrected chi connectivity index (χ1v) is 10.1. The second kappa shape index (κ2) is 11.3. The second-order valence-corrected chi connectivity index (χ2v) is 7.69. The lowest BCUT2D eigenvalue weighted by Gasteiger charge is -2.24. The third-order valence-corrected chi connectivity index (χ3v) is 4.80. The van der Waals surface area contributed by atoms with Crippen molar-refractivity contribution < 1.29 is 37.4 Å². The summed E-state index contributed by atoms with van der Waals surface area (Å²) < 4.78 is 44.8. The molecule has 0 saturated heterocycles. The average Bonchev–Trinajstić information content (AvgIpc) is 2.75. The van der Waals surface area contributed by atoms with E-state index < -0.39 is 54.1 Å². The largest absolute Gasteiger partial charge is 0.480 e. The smallest absolute Gasteiger partial charge is 0.416 e. The number of rotatable bonds is 9. The number of ether oxygens (including phenoxy) is 1. The molecule has 33 heavy (non-hydrogen) atoms. The van der Waals surface area contributed by atoms with E-state index in [-0.39, 0.29) is 12.2 Å². The van der Waals surface area contributed by atoms with E-state index in [0.717, 1.165) is 17.7 Å². The third-order valence-electron chi connectivity index (χ3n) is 4.80. The van der Waals surface area contributed by atoms with Crippen LogP contribution in [-0.2, 0) is 33.5 Å². The van der Waals surface area contributed by atoms with Crippen molar-refractivity contribution in [2.24, 2.45) is 5.92 Å². The SMILES string of the molecule is CC(C)[C@@H](NC(=O)OCc1ccccc1)C(=O)N[C@@H](Cc1ccccc1C(F)(F)F)C(=O)O. The van der Waals surface area contributed by atoms with Crippen molar-refractivity contribution in [3.8, 4) is 0 Å². The molecule has 7 nitrogen and oxygen atoms in total. The molecule has 0 spiro atoms. The molecule has 2 amide bonds. The van der Waals surface area contributed by atoms with Crippen LogP contribution < -0.4 is 10.6 Å². The average molecular weight is 466 g/mol. The molecular weight excluding hydrogens is 441 g/mol. The summed E-state index contributed by atoms with van der Waals surface area (Å²) in [6.07, 6.45) is -6.14. The number of carboxylic acid groups (broad SMARTS) is 1. The minimum Gasteiger partial charge on any atom is -0.480 e. The van der Waals surface area contributed by atoms with Gasteiger partial charge < -0.3 is 20.5 Å². The van der Waals surface area contributed by atoms with Gasteiger partial charge in [-0.15, -0.1) is 0 Å². The predicted molar refractivity (Wildman–Crippen MR) is 113 cm³/mol. The fourth-order valence-electron chi connectivity index (χ4n) is 3.08. The van der Waals surface area contributed by atoms with Crippen LogP contribution in [0.2, 0.25) is 0 Å². The van der Waals surface area contributed by atoms with E-state index in [9.17, 15) is 32.7 Å². The molecule has 0 saturated carbocycles. The zero-order valence-electron chi connectivity index (χ0n) is 18.1. The van der Waals surface area contributed by atoms with Gasteiger partial charge in [0, 0.05) is 6.42 Å². The lowest BCUT2D eigenvalue weighted by Crippen LogP contribution is -2.54. The number of alkyl carbamates (subject to hydrolysis) is 1. The maximum atomic E-state index is 13.2. The lowest BCUT2D eigenvalue weighted by molar-refractivity contribution is -0.143. The normalized spacial score (nSPS) is 13.2. The van der Waals surface area contributed by atoms with Crippen molar-refractivity contribution in [3.05, 3.63) is 71.3 Å². The van der Waals surface area contributed by atoms with Crippen LogP contribution >= 0.6 is 0 Å². The minimum absolute atomic E-state index is 0.0366. The van der Waals surface area contributed by atoms with Gasteiger partial charge in [-0.1, -0.05) is 62.4 Å². The fraction of sp³-hybridized carbons (Fsp3) is 0.348. The number of aliphatic carboxylic acids is 1. The molecule has 2 aromatic rings. The Balaban J connectivity index is 2.07. The molecule has 0 heterocycles. The molecule has 3 N–H and O–H groups in total. The number of carbonyl (C=O) groups excluding carboxylic acids is 2. The number of alkyl halides is 3. The zero-order chi connectivity index (χ0) is 24.6. The van der Waals surface area contributed by atoms with E-state index in [4.69, 9.17) is 4.74 Å². The van der Waals surface area contributed by atoms with E-state index in [1.54, 1.807) is 44.2 Å². The maximum Gasteiger partial charge on any atom is 0.416 e. The van der Waals surface area contributed by atoms with Crippen molar-refractivity contribution in [2.75, 3.05) is 0 Å².